The number of hydrogen-bond donors (Lipinski definition) is 2. The Kier molecular flexibility index (Phi) is 5.75. The predicted molar refractivity (Wildman–Crippen MR) is 87.0 cm³/mol. The van der Waals surface area contributed by atoms with E-state index in [0.29, 0.717) is 15.7 Å². The lowest BCUT2D eigenvalue weighted by atomic mass is 10.3. The van der Waals surface area contributed by atoms with Crippen LogP contribution in [0.3, 0.4) is 0 Å². The lowest BCUT2D eigenvalue weighted by Crippen LogP contribution is -2.45. The Balaban J connectivity index is 1.88. The fraction of sp³-hybridized carbons (Fsp3) is 0.385. The second-order valence-electron chi connectivity index (χ2n) is 4.64. The Morgan fingerprint density at radius 3 is 2.81 bits per heavy atom. The summed E-state index contributed by atoms with van der Waals surface area (Å²) in [7, 11) is 1.61. The molecule has 21 heavy (non-hydrogen) atoms. The average Bonchev–Trinajstić information content (AvgIpc) is 2.96. The Morgan fingerprint density at radius 2 is 2.19 bits per heavy atom. The second-order valence-corrected chi connectivity index (χ2v) is 6.49. The molecule has 1 aromatic rings. The van der Waals surface area contributed by atoms with Crippen molar-refractivity contribution in [2.24, 2.45) is 0 Å². The Morgan fingerprint density at radius 1 is 1.43 bits per heavy atom. The number of carbonyl (C=O) groups excluding carboxylic acids is 2. The second kappa shape index (κ2) is 7.35. The number of benzene rings is 1. The van der Waals surface area contributed by atoms with E-state index < -0.39 is 0 Å². The van der Waals surface area contributed by atoms with E-state index in [1.165, 1.54) is 4.90 Å². The minimum atomic E-state index is -0.283. The van der Waals surface area contributed by atoms with Crippen molar-refractivity contribution in [2.45, 2.75) is 6.04 Å². The van der Waals surface area contributed by atoms with E-state index in [2.05, 4.69) is 10.6 Å². The molecule has 0 bridgehead atoms. The summed E-state index contributed by atoms with van der Waals surface area (Å²) in [6.45, 7) is -0.0120. The molecule has 0 aromatic heterocycles. The molecule has 1 unspecified atom stereocenters. The van der Waals surface area contributed by atoms with E-state index in [0.717, 1.165) is 11.6 Å². The molecular formula is C13H15Cl2N3O2S. The number of rotatable bonds is 4. The molecule has 1 atom stereocenters. The van der Waals surface area contributed by atoms with Crippen molar-refractivity contribution >= 4 is 52.5 Å². The van der Waals surface area contributed by atoms with Crippen LogP contribution in [0.15, 0.2) is 18.2 Å². The number of likely N-dealkylation sites (N-methyl/N-ethyl adjacent to an activating group) is 1. The fourth-order valence-corrected chi connectivity index (χ4v) is 3.12. The van der Waals surface area contributed by atoms with Gasteiger partial charge in [0, 0.05) is 24.4 Å². The summed E-state index contributed by atoms with van der Waals surface area (Å²) < 4.78 is 0. The molecule has 5 nitrogen and oxygen atoms in total. The SMILES string of the molecule is CN(CC(=O)Nc1ccc(Cl)c(Cl)c1)C(=O)C1CSCN1. The molecule has 0 aliphatic carbocycles. The maximum absolute atomic E-state index is 12.1. The lowest BCUT2D eigenvalue weighted by molar-refractivity contribution is -0.134. The van der Waals surface area contributed by atoms with Crippen molar-refractivity contribution in [1.82, 2.24) is 10.2 Å². The molecule has 0 spiro atoms. The monoisotopic (exact) mass is 347 g/mol. The van der Waals surface area contributed by atoms with Crippen molar-refractivity contribution < 1.29 is 9.59 Å². The zero-order chi connectivity index (χ0) is 15.4. The van der Waals surface area contributed by atoms with Gasteiger partial charge >= 0.3 is 0 Å². The third-order valence-corrected chi connectivity index (χ3v) is 4.65. The number of halogens is 2. The van der Waals surface area contributed by atoms with Crippen LogP contribution in [0, 0.1) is 0 Å². The summed E-state index contributed by atoms with van der Waals surface area (Å²) in [5.74, 6) is 1.14. The van der Waals surface area contributed by atoms with Crippen LogP contribution in [-0.4, -0.2) is 48.0 Å². The molecule has 2 N–H and O–H groups in total. The van der Waals surface area contributed by atoms with Gasteiger partial charge in [-0.25, -0.2) is 0 Å². The van der Waals surface area contributed by atoms with Gasteiger partial charge in [0.2, 0.25) is 11.8 Å². The van der Waals surface area contributed by atoms with Gasteiger partial charge < -0.3 is 10.2 Å². The first-order valence-electron chi connectivity index (χ1n) is 6.28. The smallest absolute Gasteiger partial charge is 0.243 e. The van der Waals surface area contributed by atoms with Gasteiger partial charge in [-0.3, -0.25) is 14.9 Å². The van der Waals surface area contributed by atoms with Crippen LogP contribution in [0.2, 0.25) is 10.0 Å². The van der Waals surface area contributed by atoms with E-state index in [1.54, 1.807) is 37.0 Å². The average molecular weight is 348 g/mol. The highest BCUT2D eigenvalue weighted by Crippen LogP contribution is 2.24. The number of thioether (sulfide) groups is 1. The fourth-order valence-electron chi connectivity index (χ4n) is 1.89. The zero-order valence-corrected chi connectivity index (χ0v) is 13.7. The van der Waals surface area contributed by atoms with E-state index in [-0.39, 0.29) is 24.4 Å². The molecule has 1 aliphatic heterocycles. The Hall–Kier alpha value is -0.950. The number of amides is 2. The maximum atomic E-state index is 12.1. The standard InChI is InChI=1S/C13H15Cl2N3O2S/c1-18(13(20)11-6-21-7-16-11)5-12(19)17-8-2-3-9(14)10(15)4-8/h2-4,11,16H,5-7H2,1H3,(H,17,19). The number of hydrogen-bond acceptors (Lipinski definition) is 4. The minimum Gasteiger partial charge on any atom is -0.335 e. The molecule has 1 aromatic carbocycles. The van der Waals surface area contributed by atoms with E-state index in [4.69, 9.17) is 23.2 Å². The molecule has 1 saturated heterocycles. The highest BCUT2D eigenvalue weighted by Gasteiger charge is 2.26. The summed E-state index contributed by atoms with van der Waals surface area (Å²) in [6, 6.07) is 4.62. The van der Waals surface area contributed by atoms with Gasteiger partial charge in [-0.1, -0.05) is 23.2 Å². The van der Waals surface area contributed by atoms with Gasteiger partial charge in [-0.05, 0) is 18.2 Å². The van der Waals surface area contributed by atoms with Crippen LogP contribution in [0.25, 0.3) is 0 Å². The van der Waals surface area contributed by atoms with Crippen LogP contribution in [0.1, 0.15) is 0 Å². The number of nitrogens with zero attached hydrogens (tertiary/aromatic N) is 1. The molecule has 0 radical (unpaired) electrons. The number of carbonyl (C=O) groups is 2. The Labute approximate surface area is 137 Å². The van der Waals surface area contributed by atoms with Crippen molar-refractivity contribution in [2.75, 3.05) is 30.5 Å². The number of anilines is 1. The number of nitrogens with one attached hydrogen (secondary N) is 2. The molecule has 1 fully saturated rings. The molecule has 2 rings (SSSR count). The zero-order valence-electron chi connectivity index (χ0n) is 11.4. The van der Waals surface area contributed by atoms with Gasteiger partial charge in [-0.2, -0.15) is 0 Å². The maximum Gasteiger partial charge on any atom is 0.243 e. The summed E-state index contributed by atoms with van der Waals surface area (Å²) in [5.41, 5.74) is 0.546. The predicted octanol–water partition coefficient (Wildman–Crippen LogP) is 2.05. The van der Waals surface area contributed by atoms with Crippen LogP contribution in [0.5, 0.6) is 0 Å². The van der Waals surface area contributed by atoms with Gasteiger partial charge in [0.15, 0.2) is 0 Å². The van der Waals surface area contributed by atoms with Crippen molar-refractivity contribution in [1.29, 1.82) is 0 Å². The minimum absolute atomic E-state index is 0.0120. The molecular weight excluding hydrogens is 333 g/mol. The van der Waals surface area contributed by atoms with E-state index in [1.807, 2.05) is 0 Å². The first-order chi connectivity index (χ1) is 9.97. The van der Waals surface area contributed by atoms with Gasteiger partial charge in [0.25, 0.3) is 0 Å². The largest absolute Gasteiger partial charge is 0.335 e. The third kappa shape index (κ3) is 4.51. The topological polar surface area (TPSA) is 61.4 Å². The summed E-state index contributed by atoms with van der Waals surface area (Å²) in [5, 5.41) is 6.56. The molecule has 2 amide bonds. The van der Waals surface area contributed by atoms with E-state index >= 15 is 0 Å². The van der Waals surface area contributed by atoms with E-state index in [9.17, 15) is 9.59 Å². The van der Waals surface area contributed by atoms with Crippen LogP contribution in [-0.2, 0) is 9.59 Å². The highest BCUT2D eigenvalue weighted by atomic mass is 35.5. The van der Waals surface area contributed by atoms with Gasteiger partial charge in [0.1, 0.15) is 0 Å². The lowest BCUT2D eigenvalue weighted by Gasteiger charge is -2.20. The first kappa shape index (κ1) is 16.4. The van der Waals surface area contributed by atoms with Crippen LogP contribution >= 0.6 is 35.0 Å². The molecule has 0 saturated carbocycles. The van der Waals surface area contributed by atoms with Gasteiger partial charge in [0.05, 0.1) is 22.6 Å². The summed E-state index contributed by atoms with van der Waals surface area (Å²) >= 11 is 13.4. The Bertz CT molecular complexity index is 550. The quantitative estimate of drug-likeness (QED) is 0.874. The third-order valence-electron chi connectivity index (χ3n) is 2.97. The normalized spacial score (nSPS) is 17.6. The van der Waals surface area contributed by atoms with Crippen LogP contribution < -0.4 is 10.6 Å². The highest BCUT2D eigenvalue weighted by molar-refractivity contribution is 7.99. The first-order valence-corrected chi connectivity index (χ1v) is 8.19. The summed E-state index contributed by atoms with van der Waals surface area (Å²) in [4.78, 5) is 25.4. The van der Waals surface area contributed by atoms with Crippen molar-refractivity contribution in [3.05, 3.63) is 28.2 Å². The van der Waals surface area contributed by atoms with Gasteiger partial charge in [-0.15, -0.1) is 11.8 Å². The molecule has 1 aliphatic rings. The molecule has 8 heteroatoms. The molecule has 114 valence electrons. The van der Waals surface area contributed by atoms with Crippen molar-refractivity contribution in [3.8, 4) is 0 Å². The molecule has 1 heterocycles. The van der Waals surface area contributed by atoms with Crippen LogP contribution in [0.4, 0.5) is 5.69 Å². The van der Waals surface area contributed by atoms with Crippen molar-refractivity contribution in [3.63, 3.8) is 0 Å². The summed E-state index contributed by atoms with van der Waals surface area (Å²) in [6.07, 6.45) is 0.